The molecular formula is C10H15N3O6S. The normalized spacial score (nSPS) is 13.1. The molecule has 0 amide bonds. The van der Waals surface area contributed by atoms with Crippen LogP contribution in [0.4, 0.5) is 0 Å². The molecule has 1 rings (SSSR count). The highest BCUT2D eigenvalue weighted by Gasteiger charge is 2.26. The summed E-state index contributed by atoms with van der Waals surface area (Å²) < 4.78 is 27.1. The summed E-state index contributed by atoms with van der Waals surface area (Å²) in [6, 6.07) is -1.38. The average Bonchev–Trinajstić information content (AvgIpc) is 2.74. The topological polar surface area (TPSA) is 139 Å². The van der Waals surface area contributed by atoms with E-state index in [4.69, 9.17) is 10.2 Å². The summed E-state index contributed by atoms with van der Waals surface area (Å²) in [5, 5.41) is 21.1. The quantitative estimate of drug-likeness (QED) is 0.583. The van der Waals surface area contributed by atoms with Gasteiger partial charge in [-0.05, 0) is 12.8 Å². The number of nitrogens with one attached hydrogen (secondary N) is 1. The maximum atomic E-state index is 11.9. The first-order chi connectivity index (χ1) is 9.22. The number of sulfonamides is 1. The SMILES string of the molecule is Cn1cc(S(=O)(=O)N[C@H](CCCC(=O)O)C(=O)O)cn1. The van der Waals surface area contributed by atoms with E-state index in [0.29, 0.717) is 0 Å². The molecule has 1 atom stereocenters. The van der Waals surface area contributed by atoms with Gasteiger partial charge in [0.25, 0.3) is 0 Å². The summed E-state index contributed by atoms with van der Waals surface area (Å²) in [7, 11) is -2.47. The van der Waals surface area contributed by atoms with Gasteiger partial charge in [0.1, 0.15) is 10.9 Å². The van der Waals surface area contributed by atoms with Crippen molar-refractivity contribution in [2.24, 2.45) is 7.05 Å². The van der Waals surface area contributed by atoms with Crippen molar-refractivity contribution < 1.29 is 28.2 Å². The smallest absolute Gasteiger partial charge is 0.321 e. The van der Waals surface area contributed by atoms with Crippen LogP contribution in [-0.4, -0.2) is 46.4 Å². The van der Waals surface area contributed by atoms with Crippen LogP contribution in [0.5, 0.6) is 0 Å². The highest BCUT2D eigenvalue weighted by molar-refractivity contribution is 7.89. The van der Waals surface area contributed by atoms with Gasteiger partial charge in [0.2, 0.25) is 10.0 Å². The third-order valence-corrected chi connectivity index (χ3v) is 3.90. The predicted molar refractivity (Wildman–Crippen MR) is 66.4 cm³/mol. The minimum Gasteiger partial charge on any atom is -0.481 e. The molecule has 0 spiro atoms. The predicted octanol–water partition coefficient (Wildman–Crippen LogP) is -0.593. The Morgan fingerprint density at radius 3 is 2.55 bits per heavy atom. The van der Waals surface area contributed by atoms with Gasteiger partial charge in [0.15, 0.2) is 0 Å². The summed E-state index contributed by atoms with van der Waals surface area (Å²) in [5.41, 5.74) is 0. The lowest BCUT2D eigenvalue weighted by atomic mass is 10.1. The number of hydrogen-bond acceptors (Lipinski definition) is 5. The van der Waals surface area contributed by atoms with Crippen molar-refractivity contribution in [1.29, 1.82) is 0 Å². The average molecular weight is 305 g/mol. The number of nitrogens with zero attached hydrogens (tertiary/aromatic N) is 2. The molecule has 0 saturated heterocycles. The fraction of sp³-hybridized carbons (Fsp3) is 0.500. The minimum atomic E-state index is -4.00. The Bertz CT molecular complexity index is 594. The van der Waals surface area contributed by atoms with Crippen LogP contribution in [0.1, 0.15) is 19.3 Å². The summed E-state index contributed by atoms with van der Waals surface area (Å²) >= 11 is 0. The van der Waals surface area contributed by atoms with E-state index < -0.39 is 28.0 Å². The van der Waals surface area contributed by atoms with E-state index in [-0.39, 0.29) is 24.2 Å². The van der Waals surface area contributed by atoms with E-state index >= 15 is 0 Å². The first-order valence-corrected chi connectivity index (χ1v) is 7.16. The number of aromatic nitrogens is 2. The fourth-order valence-corrected chi connectivity index (χ4v) is 2.69. The Morgan fingerprint density at radius 2 is 2.10 bits per heavy atom. The molecule has 3 N–H and O–H groups in total. The van der Waals surface area contributed by atoms with Crippen LogP contribution >= 0.6 is 0 Å². The Hall–Kier alpha value is -1.94. The van der Waals surface area contributed by atoms with E-state index in [2.05, 4.69) is 5.10 Å². The molecule has 9 nitrogen and oxygen atoms in total. The van der Waals surface area contributed by atoms with Gasteiger partial charge in [-0.3, -0.25) is 14.3 Å². The Labute approximate surface area is 115 Å². The van der Waals surface area contributed by atoms with Crippen LogP contribution < -0.4 is 4.72 Å². The highest BCUT2D eigenvalue weighted by Crippen LogP contribution is 2.10. The second kappa shape index (κ2) is 6.48. The molecule has 0 aliphatic heterocycles. The van der Waals surface area contributed by atoms with Crippen LogP contribution in [0.25, 0.3) is 0 Å². The molecule has 0 fully saturated rings. The first kappa shape index (κ1) is 16.1. The Morgan fingerprint density at radius 1 is 1.45 bits per heavy atom. The number of aliphatic carboxylic acids is 2. The van der Waals surface area contributed by atoms with Gasteiger partial charge in [-0.25, -0.2) is 8.42 Å². The third-order valence-electron chi connectivity index (χ3n) is 2.47. The van der Waals surface area contributed by atoms with Crippen molar-refractivity contribution >= 4 is 22.0 Å². The molecule has 0 radical (unpaired) electrons. The van der Waals surface area contributed by atoms with Crippen LogP contribution in [0.2, 0.25) is 0 Å². The molecule has 10 heteroatoms. The number of rotatable bonds is 8. The summed E-state index contributed by atoms with van der Waals surface area (Å²) in [6.45, 7) is 0. The molecule has 1 aromatic heterocycles. The molecule has 0 bridgehead atoms. The summed E-state index contributed by atoms with van der Waals surface area (Å²) in [6.07, 6.45) is 2.05. The highest BCUT2D eigenvalue weighted by atomic mass is 32.2. The van der Waals surface area contributed by atoms with Gasteiger partial charge in [-0.2, -0.15) is 9.82 Å². The van der Waals surface area contributed by atoms with Gasteiger partial charge in [0, 0.05) is 19.7 Å². The fourth-order valence-electron chi connectivity index (χ4n) is 1.48. The molecule has 0 aromatic carbocycles. The molecule has 0 aliphatic rings. The largest absolute Gasteiger partial charge is 0.481 e. The third kappa shape index (κ3) is 4.63. The van der Waals surface area contributed by atoms with Crippen molar-refractivity contribution in [2.75, 3.05) is 0 Å². The molecular weight excluding hydrogens is 290 g/mol. The number of hydrogen-bond donors (Lipinski definition) is 3. The number of carbonyl (C=O) groups is 2. The maximum Gasteiger partial charge on any atom is 0.321 e. The second-order valence-corrected chi connectivity index (χ2v) is 5.86. The molecule has 0 aliphatic carbocycles. The zero-order chi connectivity index (χ0) is 15.3. The van der Waals surface area contributed by atoms with Crippen molar-refractivity contribution in [3.8, 4) is 0 Å². The first-order valence-electron chi connectivity index (χ1n) is 5.68. The minimum absolute atomic E-state index is 0.0574. The monoisotopic (exact) mass is 305 g/mol. The van der Waals surface area contributed by atoms with Crippen LogP contribution in [0, 0.1) is 0 Å². The molecule has 112 valence electrons. The van der Waals surface area contributed by atoms with E-state index in [1.54, 1.807) is 0 Å². The number of carboxylic acids is 2. The standard InChI is InChI=1S/C10H15N3O6S/c1-13-6-7(5-11-13)20(18,19)12-8(10(16)17)3-2-4-9(14)15/h5-6,8,12H,2-4H2,1H3,(H,14,15)(H,16,17)/t8-/m1/s1. The second-order valence-electron chi connectivity index (χ2n) is 4.15. The lowest BCUT2D eigenvalue weighted by Crippen LogP contribution is -2.40. The lowest BCUT2D eigenvalue weighted by Gasteiger charge is -2.13. The zero-order valence-electron chi connectivity index (χ0n) is 10.7. The van der Waals surface area contributed by atoms with Crippen molar-refractivity contribution in [2.45, 2.75) is 30.2 Å². The van der Waals surface area contributed by atoms with Crippen LogP contribution in [0.3, 0.4) is 0 Å². The van der Waals surface area contributed by atoms with Crippen LogP contribution in [0.15, 0.2) is 17.3 Å². The molecule has 20 heavy (non-hydrogen) atoms. The van der Waals surface area contributed by atoms with E-state index in [9.17, 15) is 18.0 Å². The number of carboxylic acid groups (broad SMARTS) is 2. The Balaban J connectivity index is 2.74. The van der Waals surface area contributed by atoms with E-state index in [0.717, 1.165) is 6.20 Å². The lowest BCUT2D eigenvalue weighted by molar-refractivity contribution is -0.140. The van der Waals surface area contributed by atoms with Crippen molar-refractivity contribution in [3.05, 3.63) is 12.4 Å². The molecule has 0 unspecified atom stereocenters. The molecule has 1 aromatic rings. The van der Waals surface area contributed by atoms with Crippen molar-refractivity contribution in [1.82, 2.24) is 14.5 Å². The van der Waals surface area contributed by atoms with Gasteiger partial charge >= 0.3 is 11.9 Å². The van der Waals surface area contributed by atoms with Gasteiger partial charge in [-0.15, -0.1) is 0 Å². The van der Waals surface area contributed by atoms with Crippen LogP contribution in [-0.2, 0) is 26.7 Å². The van der Waals surface area contributed by atoms with Gasteiger partial charge < -0.3 is 10.2 Å². The van der Waals surface area contributed by atoms with Gasteiger partial charge in [-0.1, -0.05) is 0 Å². The van der Waals surface area contributed by atoms with E-state index in [1.165, 1.54) is 17.9 Å². The molecule has 0 saturated carbocycles. The van der Waals surface area contributed by atoms with Gasteiger partial charge in [0.05, 0.1) is 6.20 Å². The Kier molecular flexibility index (Phi) is 5.22. The molecule has 1 heterocycles. The summed E-state index contributed by atoms with van der Waals surface area (Å²) in [5.74, 6) is -2.42. The van der Waals surface area contributed by atoms with E-state index in [1.807, 2.05) is 4.72 Å². The number of aryl methyl sites for hydroxylation is 1. The maximum absolute atomic E-state index is 11.9. The zero-order valence-corrected chi connectivity index (χ0v) is 11.5. The summed E-state index contributed by atoms with van der Waals surface area (Å²) in [4.78, 5) is 21.2. The van der Waals surface area contributed by atoms with Crippen molar-refractivity contribution in [3.63, 3.8) is 0 Å².